The highest BCUT2D eigenvalue weighted by atomic mass is 16.5. The van der Waals surface area contributed by atoms with Gasteiger partial charge in [0.05, 0.1) is 0 Å². The molecule has 0 bridgehead atoms. The molecule has 0 unspecified atom stereocenters. The van der Waals surface area contributed by atoms with E-state index >= 15 is 0 Å². The van der Waals surface area contributed by atoms with Crippen molar-refractivity contribution in [1.82, 2.24) is 15.3 Å². The second-order valence-electron chi connectivity index (χ2n) is 6.03. The highest BCUT2D eigenvalue weighted by molar-refractivity contribution is 5.99. The minimum Gasteiger partial charge on any atom is -0.474 e. The second-order valence-corrected chi connectivity index (χ2v) is 6.03. The molecule has 6 heteroatoms. The highest BCUT2D eigenvalue weighted by Crippen LogP contribution is 2.24. The zero-order valence-corrected chi connectivity index (χ0v) is 13.7. The van der Waals surface area contributed by atoms with E-state index in [0.717, 1.165) is 18.4 Å². The third kappa shape index (κ3) is 3.82. The lowest BCUT2D eigenvalue weighted by Crippen LogP contribution is -2.24. The average Bonchev–Trinajstić information content (AvgIpc) is 3.25. The molecular weight excluding hydrogens is 306 g/mol. The van der Waals surface area contributed by atoms with E-state index in [1.165, 1.54) is 26.0 Å². The third-order valence-corrected chi connectivity index (χ3v) is 4.20. The number of H-pyrrole nitrogens is 1. The molecular formula is C18H21N3O3. The van der Waals surface area contributed by atoms with E-state index < -0.39 is 0 Å². The van der Waals surface area contributed by atoms with Gasteiger partial charge in [0.15, 0.2) is 5.78 Å². The van der Waals surface area contributed by atoms with Gasteiger partial charge in [0.25, 0.3) is 5.91 Å². The number of nitrogens with zero attached hydrogens (tertiary/aromatic N) is 1. The topological polar surface area (TPSA) is 84.1 Å². The summed E-state index contributed by atoms with van der Waals surface area (Å²) < 4.78 is 5.97. The number of aromatic amines is 1. The predicted octanol–water partition coefficient (Wildman–Crippen LogP) is 2.86. The average molecular weight is 327 g/mol. The van der Waals surface area contributed by atoms with Crippen LogP contribution in [0.5, 0.6) is 5.88 Å². The van der Waals surface area contributed by atoms with Gasteiger partial charge in [0.2, 0.25) is 5.88 Å². The van der Waals surface area contributed by atoms with Gasteiger partial charge in [-0.15, -0.1) is 0 Å². The Kier molecular flexibility index (Phi) is 4.93. The van der Waals surface area contributed by atoms with Crippen molar-refractivity contribution in [2.45, 2.75) is 45.3 Å². The Bertz CT molecular complexity index is 733. The van der Waals surface area contributed by atoms with Crippen LogP contribution in [0.4, 0.5) is 0 Å². The summed E-state index contributed by atoms with van der Waals surface area (Å²) in [6.07, 6.45) is 7.94. The summed E-state index contributed by atoms with van der Waals surface area (Å²) >= 11 is 0. The largest absolute Gasteiger partial charge is 0.474 e. The number of amides is 1. The van der Waals surface area contributed by atoms with Gasteiger partial charge in [-0.2, -0.15) is 0 Å². The van der Waals surface area contributed by atoms with Gasteiger partial charge in [-0.1, -0.05) is 6.07 Å². The van der Waals surface area contributed by atoms with E-state index in [9.17, 15) is 9.59 Å². The Hall–Kier alpha value is -2.63. The van der Waals surface area contributed by atoms with Crippen LogP contribution in [0.15, 0.2) is 30.6 Å². The summed E-state index contributed by atoms with van der Waals surface area (Å²) in [6.45, 7) is 1.79. The van der Waals surface area contributed by atoms with Crippen molar-refractivity contribution >= 4 is 11.7 Å². The minimum atomic E-state index is -0.266. The zero-order chi connectivity index (χ0) is 16.9. The van der Waals surface area contributed by atoms with Crippen LogP contribution in [-0.2, 0) is 6.54 Å². The quantitative estimate of drug-likeness (QED) is 0.799. The van der Waals surface area contributed by atoms with Gasteiger partial charge in [-0.05, 0) is 44.7 Å². The summed E-state index contributed by atoms with van der Waals surface area (Å²) in [5.41, 5.74) is 1.70. The van der Waals surface area contributed by atoms with E-state index in [4.69, 9.17) is 4.74 Å². The number of ketones is 1. The molecule has 1 fully saturated rings. The number of Topliss-reactive ketones (excluding diaryl/α,β-unsaturated/α-hetero) is 1. The summed E-state index contributed by atoms with van der Waals surface area (Å²) in [5, 5.41) is 2.83. The molecule has 0 radical (unpaired) electrons. The minimum absolute atomic E-state index is 0.0789. The summed E-state index contributed by atoms with van der Waals surface area (Å²) in [7, 11) is 0. The Labute approximate surface area is 140 Å². The van der Waals surface area contributed by atoms with Crippen LogP contribution in [0.3, 0.4) is 0 Å². The molecule has 0 aromatic carbocycles. The van der Waals surface area contributed by atoms with Crippen LogP contribution in [-0.4, -0.2) is 27.8 Å². The van der Waals surface area contributed by atoms with Gasteiger partial charge in [0.1, 0.15) is 11.8 Å². The Morgan fingerprint density at radius 2 is 2.17 bits per heavy atom. The molecule has 2 aromatic heterocycles. The monoisotopic (exact) mass is 327 g/mol. The molecule has 3 rings (SSSR count). The lowest BCUT2D eigenvalue weighted by Gasteiger charge is -2.15. The molecule has 1 aliphatic carbocycles. The molecule has 2 heterocycles. The number of ether oxygens (including phenoxy) is 1. The number of nitrogens with one attached hydrogen (secondary N) is 2. The molecule has 2 N–H and O–H groups in total. The van der Waals surface area contributed by atoms with Crippen molar-refractivity contribution in [3.8, 4) is 5.88 Å². The fourth-order valence-electron chi connectivity index (χ4n) is 2.83. The van der Waals surface area contributed by atoms with Crippen LogP contribution in [0.25, 0.3) is 0 Å². The maximum absolute atomic E-state index is 12.2. The van der Waals surface area contributed by atoms with Crippen LogP contribution < -0.4 is 10.1 Å². The first-order chi connectivity index (χ1) is 11.6. The van der Waals surface area contributed by atoms with E-state index in [2.05, 4.69) is 15.3 Å². The number of hydrogen-bond acceptors (Lipinski definition) is 4. The number of hydrogen-bond donors (Lipinski definition) is 2. The Morgan fingerprint density at radius 1 is 1.38 bits per heavy atom. The normalized spacial score (nSPS) is 14.5. The summed E-state index contributed by atoms with van der Waals surface area (Å²) in [4.78, 5) is 30.6. The first kappa shape index (κ1) is 16.2. The lowest BCUT2D eigenvalue weighted by atomic mass is 10.2. The molecule has 2 aromatic rings. The van der Waals surface area contributed by atoms with Crippen LogP contribution in [0.1, 0.15) is 59.0 Å². The van der Waals surface area contributed by atoms with Crippen molar-refractivity contribution in [3.63, 3.8) is 0 Å². The van der Waals surface area contributed by atoms with Crippen molar-refractivity contribution in [2.75, 3.05) is 0 Å². The molecule has 0 spiro atoms. The third-order valence-electron chi connectivity index (χ3n) is 4.20. The smallest absolute Gasteiger partial charge is 0.267 e. The number of carbonyl (C=O) groups excluding carboxylic acids is 2. The summed E-state index contributed by atoms with van der Waals surface area (Å²) in [6, 6.07) is 5.27. The fourth-order valence-corrected chi connectivity index (χ4v) is 2.83. The number of rotatable bonds is 6. The van der Waals surface area contributed by atoms with Crippen molar-refractivity contribution in [3.05, 3.63) is 47.4 Å². The number of carbonyl (C=O) groups is 2. The number of aromatic nitrogens is 2. The maximum Gasteiger partial charge on any atom is 0.267 e. The highest BCUT2D eigenvalue weighted by Gasteiger charge is 2.19. The van der Waals surface area contributed by atoms with Gasteiger partial charge in [-0.3, -0.25) is 9.59 Å². The fraction of sp³-hybridized carbons (Fsp3) is 0.389. The van der Waals surface area contributed by atoms with Crippen molar-refractivity contribution in [2.24, 2.45) is 0 Å². The molecule has 0 saturated heterocycles. The first-order valence-electron chi connectivity index (χ1n) is 8.21. The molecule has 0 atom stereocenters. The molecule has 24 heavy (non-hydrogen) atoms. The number of pyridine rings is 1. The van der Waals surface area contributed by atoms with Gasteiger partial charge >= 0.3 is 0 Å². The van der Waals surface area contributed by atoms with Gasteiger partial charge in [0, 0.05) is 30.1 Å². The van der Waals surface area contributed by atoms with Crippen LogP contribution in [0, 0.1) is 0 Å². The first-order valence-corrected chi connectivity index (χ1v) is 8.21. The van der Waals surface area contributed by atoms with Gasteiger partial charge in [-0.25, -0.2) is 4.98 Å². The molecule has 0 aliphatic heterocycles. The zero-order valence-electron chi connectivity index (χ0n) is 13.7. The van der Waals surface area contributed by atoms with E-state index in [-0.39, 0.29) is 17.8 Å². The Balaban J connectivity index is 1.63. The summed E-state index contributed by atoms with van der Waals surface area (Å²) in [5.74, 6) is 0.239. The van der Waals surface area contributed by atoms with Gasteiger partial charge < -0.3 is 15.0 Å². The SMILES string of the molecule is CC(=O)c1c[nH]c(C(=O)NCc2cccnc2OC2CCCC2)c1. The van der Waals surface area contributed by atoms with E-state index in [0.29, 0.717) is 23.7 Å². The van der Waals surface area contributed by atoms with Crippen molar-refractivity contribution in [1.29, 1.82) is 0 Å². The van der Waals surface area contributed by atoms with Crippen LogP contribution in [0.2, 0.25) is 0 Å². The second kappa shape index (κ2) is 7.29. The predicted molar refractivity (Wildman–Crippen MR) is 89.1 cm³/mol. The van der Waals surface area contributed by atoms with E-state index in [1.54, 1.807) is 12.3 Å². The molecule has 1 amide bonds. The molecule has 6 nitrogen and oxygen atoms in total. The standard InChI is InChI=1S/C18H21N3O3/c1-12(22)14-9-16(20-11-14)17(23)21-10-13-5-4-8-19-18(13)24-15-6-2-3-7-15/h4-5,8-9,11,15,20H,2-3,6-7,10H2,1H3,(H,21,23). The van der Waals surface area contributed by atoms with Crippen LogP contribution >= 0.6 is 0 Å². The van der Waals surface area contributed by atoms with Crippen molar-refractivity contribution < 1.29 is 14.3 Å². The van der Waals surface area contributed by atoms with E-state index in [1.807, 2.05) is 12.1 Å². The molecule has 1 aliphatic rings. The maximum atomic E-state index is 12.2. The molecule has 126 valence electrons. The molecule has 1 saturated carbocycles. The lowest BCUT2D eigenvalue weighted by molar-refractivity contribution is 0.0945. The Morgan fingerprint density at radius 3 is 2.88 bits per heavy atom.